The maximum atomic E-state index is 6.47. The third kappa shape index (κ3) is 7.47. The number of anilines is 1. The van der Waals surface area contributed by atoms with E-state index in [9.17, 15) is 0 Å². The Labute approximate surface area is 258 Å². The van der Waals surface area contributed by atoms with Crippen LogP contribution < -0.4 is 21.5 Å². The zero-order valence-electron chi connectivity index (χ0n) is 25.7. The fourth-order valence-corrected chi connectivity index (χ4v) is 5.34. The highest BCUT2D eigenvalue weighted by molar-refractivity contribution is 5.72. The van der Waals surface area contributed by atoms with E-state index in [1.807, 2.05) is 49.6 Å². The lowest BCUT2D eigenvalue weighted by atomic mass is 9.75. The van der Waals surface area contributed by atoms with Gasteiger partial charge in [-0.2, -0.15) is 0 Å². The molecule has 0 amide bonds. The van der Waals surface area contributed by atoms with Crippen molar-refractivity contribution in [1.82, 2.24) is 10.7 Å². The molecular formula is C39H44N4. The van der Waals surface area contributed by atoms with Crippen molar-refractivity contribution < 1.29 is 0 Å². The van der Waals surface area contributed by atoms with Crippen LogP contribution in [-0.2, 0) is 12.8 Å². The van der Waals surface area contributed by atoms with Gasteiger partial charge in [0.1, 0.15) is 0 Å². The number of hydrogen-bond donors (Lipinski definition) is 3. The van der Waals surface area contributed by atoms with Gasteiger partial charge in [0.15, 0.2) is 0 Å². The molecule has 220 valence electrons. The molecule has 1 unspecified atom stereocenters. The molecule has 2 aromatic rings. The third-order valence-corrected chi connectivity index (χ3v) is 7.99. The predicted octanol–water partition coefficient (Wildman–Crippen LogP) is 8.36. The van der Waals surface area contributed by atoms with E-state index in [1.165, 1.54) is 11.1 Å². The lowest BCUT2D eigenvalue weighted by Gasteiger charge is -2.36. The highest BCUT2D eigenvalue weighted by Crippen LogP contribution is 2.39. The molecule has 2 aliphatic heterocycles. The summed E-state index contributed by atoms with van der Waals surface area (Å²) in [6.07, 6.45) is 25.8. The van der Waals surface area contributed by atoms with Gasteiger partial charge in [-0.15, -0.1) is 0 Å². The van der Waals surface area contributed by atoms with Crippen LogP contribution in [0.25, 0.3) is 6.08 Å². The molecule has 4 rings (SSSR count). The Morgan fingerprint density at radius 2 is 1.70 bits per heavy atom. The molecule has 2 aromatic carbocycles. The summed E-state index contributed by atoms with van der Waals surface area (Å²) in [5, 5.41) is 5.72. The number of hydrazine groups is 1. The Morgan fingerprint density at radius 3 is 2.44 bits per heavy atom. The highest BCUT2D eigenvalue weighted by atomic mass is 15.5. The number of fused-ring (bicyclic) bond motifs is 2. The summed E-state index contributed by atoms with van der Waals surface area (Å²) < 4.78 is 0. The van der Waals surface area contributed by atoms with Gasteiger partial charge < -0.3 is 11.1 Å². The van der Waals surface area contributed by atoms with Crippen molar-refractivity contribution in [2.45, 2.75) is 39.7 Å². The summed E-state index contributed by atoms with van der Waals surface area (Å²) in [4.78, 5) is 0. The standard InChI is InChI=1S/C39H44N4/c1-7-30(4)39(5,6)36(27-34-26-33-21-10-9-20-32(33)25-29(3)17-15-16-24-41-34)37(28-40)42-43-35(8-2)22-13-11-18-31-19-12-14-23-38(31)43/h7-24,27-28,34,41-42H,1,3-4,25-26,40H2,2,5-6H3/b17-15-,18-11-,22-13-,24-16-,35-8-,36-27+,37-28+. The molecule has 0 fully saturated rings. The number of nitrogens with zero attached hydrogens (tertiary/aromatic N) is 1. The first kappa shape index (κ1) is 31.0. The highest BCUT2D eigenvalue weighted by Gasteiger charge is 2.30. The normalized spacial score (nSPS) is 21.6. The van der Waals surface area contributed by atoms with E-state index >= 15 is 0 Å². The van der Waals surface area contributed by atoms with E-state index in [4.69, 9.17) is 5.73 Å². The van der Waals surface area contributed by atoms with Crippen molar-refractivity contribution >= 4 is 11.8 Å². The second-order valence-corrected chi connectivity index (χ2v) is 11.3. The quantitative estimate of drug-likeness (QED) is 0.294. The van der Waals surface area contributed by atoms with Gasteiger partial charge in [-0.05, 0) is 66.5 Å². The second-order valence-electron chi connectivity index (χ2n) is 11.3. The van der Waals surface area contributed by atoms with E-state index < -0.39 is 5.41 Å². The maximum Gasteiger partial charge on any atom is 0.0739 e. The predicted molar refractivity (Wildman–Crippen MR) is 186 cm³/mol. The molecule has 0 bridgehead atoms. The van der Waals surface area contributed by atoms with E-state index in [2.05, 4.69) is 122 Å². The minimum absolute atomic E-state index is 0.0376. The van der Waals surface area contributed by atoms with Gasteiger partial charge in [-0.1, -0.05) is 130 Å². The molecule has 0 saturated carbocycles. The van der Waals surface area contributed by atoms with Crippen molar-refractivity contribution in [2.75, 3.05) is 5.01 Å². The lowest BCUT2D eigenvalue weighted by Crippen LogP contribution is -2.40. The lowest BCUT2D eigenvalue weighted by molar-refractivity contribution is 0.536. The van der Waals surface area contributed by atoms with Crippen LogP contribution in [0.2, 0.25) is 0 Å². The monoisotopic (exact) mass is 568 g/mol. The Hall–Kier alpha value is -4.96. The minimum Gasteiger partial charge on any atom is -0.403 e. The summed E-state index contributed by atoms with van der Waals surface area (Å²) in [6, 6.07) is 16.9. The van der Waals surface area contributed by atoms with Crippen LogP contribution in [0.3, 0.4) is 0 Å². The molecule has 0 radical (unpaired) electrons. The Bertz CT molecular complexity index is 1570. The van der Waals surface area contributed by atoms with E-state index in [0.29, 0.717) is 0 Å². The summed E-state index contributed by atoms with van der Waals surface area (Å²) in [5.41, 5.74) is 19.1. The first-order valence-electron chi connectivity index (χ1n) is 14.8. The zero-order valence-corrected chi connectivity index (χ0v) is 25.7. The van der Waals surface area contributed by atoms with Crippen molar-refractivity contribution in [1.29, 1.82) is 0 Å². The van der Waals surface area contributed by atoms with Crippen LogP contribution in [0.4, 0.5) is 5.69 Å². The maximum absolute atomic E-state index is 6.47. The van der Waals surface area contributed by atoms with Crippen LogP contribution in [0, 0.1) is 5.41 Å². The molecular weight excluding hydrogens is 524 g/mol. The van der Waals surface area contributed by atoms with E-state index in [1.54, 1.807) is 6.20 Å². The number of nitrogens with one attached hydrogen (secondary N) is 2. The van der Waals surface area contributed by atoms with Gasteiger partial charge in [-0.3, -0.25) is 10.4 Å². The van der Waals surface area contributed by atoms with Crippen LogP contribution in [0.1, 0.15) is 37.5 Å². The Balaban J connectivity index is 1.84. The zero-order chi connectivity index (χ0) is 30.8. The van der Waals surface area contributed by atoms with Crippen LogP contribution in [0.15, 0.2) is 163 Å². The average molecular weight is 569 g/mol. The van der Waals surface area contributed by atoms with Crippen molar-refractivity contribution in [3.8, 4) is 0 Å². The Morgan fingerprint density at radius 1 is 1.00 bits per heavy atom. The number of para-hydroxylation sites is 1. The SMILES string of the molecule is C=CC(=C)C(C)(C)C(=C/C1Cc2ccccc2CC(=C)/C=C\C=C/N1)/C(=C\N)NN1C(=C\C)/C=C\C=C/c2ccccc21. The molecule has 0 aromatic heterocycles. The average Bonchev–Trinajstić information content (AvgIpc) is 3.03. The fourth-order valence-electron chi connectivity index (χ4n) is 5.34. The number of nitrogens with two attached hydrogens (primary N) is 1. The van der Waals surface area contributed by atoms with Crippen LogP contribution in [0.5, 0.6) is 0 Å². The summed E-state index contributed by atoms with van der Waals surface area (Å²) in [6.45, 7) is 19.1. The van der Waals surface area contributed by atoms with Crippen molar-refractivity contribution in [2.24, 2.45) is 11.1 Å². The molecule has 0 saturated heterocycles. The van der Waals surface area contributed by atoms with Crippen LogP contribution >= 0.6 is 0 Å². The molecule has 2 heterocycles. The topological polar surface area (TPSA) is 53.3 Å². The molecule has 0 spiro atoms. The van der Waals surface area contributed by atoms with Gasteiger partial charge in [0.05, 0.1) is 17.1 Å². The number of hydrogen-bond acceptors (Lipinski definition) is 4. The minimum atomic E-state index is -0.487. The van der Waals surface area contributed by atoms with Crippen molar-refractivity contribution in [3.63, 3.8) is 0 Å². The molecule has 1 atom stereocenters. The molecule has 4 nitrogen and oxygen atoms in total. The first-order valence-corrected chi connectivity index (χ1v) is 14.8. The number of allylic oxidation sites excluding steroid dienone is 11. The largest absolute Gasteiger partial charge is 0.403 e. The van der Waals surface area contributed by atoms with Gasteiger partial charge in [0, 0.05) is 23.2 Å². The fraction of sp³-hybridized carbons (Fsp3) is 0.179. The molecule has 43 heavy (non-hydrogen) atoms. The van der Waals surface area contributed by atoms with Crippen molar-refractivity contribution in [3.05, 3.63) is 180 Å². The van der Waals surface area contributed by atoms with Gasteiger partial charge in [0.25, 0.3) is 0 Å². The second kappa shape index (κ2) is 14.3. The van der Waals surface area contributed by atoms with Gasteiger partial charge >= 0.3 is 0 Å². The Kier molecular flexibility index (Phi) is 10.3. The summed E-state index contributed by atoms with van der Waals surface area (Å²) in [5.74, 6) is 0. The smallest absolute Gasteiger partial charge is 0.0739 e. The first-order chi connectivity index (χ1) is 20.8. The molecule has 0 aliphatic carbocycles. The van der Waals surface area contributed by atoms with E-state index in [0.717, 1.165) is 52.2 Å². The number of benzene rings is 2. The summed E-state index contributed by atoms with van der Waals surface area (Å²) in [7, 11) is 0. The van der Waals surface area contributed by atoms with Gasteiger partial charge in [-0.25, -0.2) is 0 Å². The van der Waals surface area contributed by atoms with E-state index in [-0.39, 0.29) is 6.04 Å². The molecule has 4 N–H and O–H groups in total. The van der Waals surface area contributed by atoms with Crippen LogP contribution in [-0.4, -0.2) is 6.04 Å². The number of rotatable bonds is 7. The third-order valence-electron chi connectivity index (χ3n) is 7.99. The molecule has 2 aliphatic rings. The summed E-state index contributed by atoms with van der Waals surface area (Å²) >= 11 is 0. The van der Waals surface area contributed by atoms with Gasteiger partial charge in [0.2, 0.25) is 0 Å². The molecule has 4 heteroatoms.